The van der Waals surface area contributed by atoms with Crippen molar-refractivity contribution < 1.29 is 19.7 Å². The molecular weight excluding hydrogens is 272 g/mol. The first-order valence-electron chi connectivity index (χ1n) is 7.02. The van der Waals surface area contributed by atoms with Gasteiger partial charge in [0.25, 0.3) is 0 Å². The third kappa shape index (κ3) is 2.72. The number of hydrogen-bond acceptors (Lipinski definition) is 4. The highest BCUT2D eigenvalue weighted by Crippen LogP contribution is 2.29. The summed E-state index contributed by atoms with van der Waals surface area (Å²) in [4.78, 5) is 14.5. The first-order chi connectivity index (χ1) is 10.2. The predicted octanol–water partition coefficient (Wildman–Crippen LogP) is 1.03. The van der Waals surface area contributed by atoms with Gasteiger partial charge >= 0.3 is 5.97 Å². The van der Waals surface area contributed by atoms with E-state index in [4.69, 9.17) is 14.9 Å². The van der Waals surface area contributed by atoms with Crippen molar-refractivity contribution in [2.24, 2.45) is 0 Å². The van der Waals surface area contributed by atoms with Gasteiger partial charge in [0.1, 0.15) is 11.8 Å². The smallest absolute Gasteiger partial charge is 0.321 e. The molecule has 21 heavy (non-hydrogen) atoms. The van der Waals surface area contributed by atoms with Crippen LogP contribution in [0.15, 0.2) is 18.2 Å². The zero-order valence-corrected chi connectivity index (χ0v) is 11.6. The monoisotopic (exact) mass is 290 g/mol. The van der Waals surface area contributed by atoms with E-state index in [2.05, 4.69) is 10.3 Å². The molecule has 0 aliphatic carbocycles. The van der Waals surface area contributed by atoms with E-state index in [0.29, 0.717) is 26.0 Å². The number of fused-ring (bicyclic) bond motifs is 3. The summed E-state index contributed by atoms with van der Waals surface area (Å²) in [5.74, 6) is -0.0893. The molecule has 0 radical (unpaired) electrons. The van der Waals surface area contributed by atoms with Gasteiger partial charge in [-0.25, -0.2) is 0 Å². The topological polar surface area (TPSA) is 94.6 Å². The van der Waals surface area contributed by atoms with Gasteiger partial charge in [0, 0.05) is 42.6 Å². The van der Waals surface area contributed by atoms with E-state index >= 15 is 0 Å². The number of aromatic nitrogens is 1. The van der Waals surface area contributed by atoms with Gasteiger partial charge in [-0.1, -0.05) is 0 Å². The van der Waals surface area contributed by atoms with E-state index in [-0.39, 0.29) is 6.61 Å². The molecule has 3 rings (SSSR count). The zero-order chi connectivity index (χ0) is 14.8. The molecule has 1 aliphatic rings. The Kier molecular flexibility index (Phi) is 3.81. The summed E-state index contributed by atoms with van der Waals surface area (Å²) in [5, 5.41) is 21.9. The average molecular weight is 290 g/mol. The molecule has 1 aromatic carbocycles. The number of benzene rings is 1. The number of aliphatic hydroxyl groups excluding tert-OH is 1. The number of H-pyrrole nitrogens is 1. The molecule has 1 aliphatic heterocycles. The maximum absolute atomic E-state index is 11.1. The van der Waals surface area contributed by atoms with E-state index in [1.807, 2.05) is 18.2 Å². The van der Waals surface area contributed by atoms with E-state index in [0.717, 1.165) is 27.9 Å². The Morgan fingerprint density at radius 1 is 1.43 bits per heavy atom. The van der Waals surface area contributed by atoms with Crippen LogP contribution in [-0.2, 0) is 17.8 Å². The number of carbonyl (C=O) groups is 1. The molecule has 1 atom stereocenters. The average Bonchev–Trinajstić information content (AvgIpc) is 2.84. The van der Waals surface area contributed by atoms with Crippen molar-refractivity contribution in [3.63, 3.8) is 0 Å². The molecule has 1 aromatic heterocycles. The largest absolute Gasteiger partial charge is 0.493 e. The number of ether oxygens (including phenoxy) is 1. The lowest BCUT2D eigenvalue weighted by Gasteiger charge is -2.20. The van der Waals surface area contributed by atoms with Gasteiger partial charge in [-0.3, -0.25) is 10.1 Å². The highest BCUT2D eigenvalue weighted by atomic mass is 16.5. The van der Waals surface area contributed by atoms with Gasteiger partial charge in [-0.15, -0.1) is 0 Å². The molecule has 6 nitrogen and oxygen atoms in total. The lowest BCUT2D eigenvalue weighted by Crippen LogP contribution is -2.41. The minimum absolute atomic E-state index is 0.105. The second-order valence-corrected chi connectivity index (χ2v) is 5.19. The summed E-state index contributed by atoms with van der Waals surface area (Å²) in [6, 6.07) is 5.21. The Labute approximate surface area is 121 Å². The Morgan fingerprint density at radius 2 is 2.29 bits per heavy atom. The molecule has 2 aromatic rings. The molecule has 6 heteroatoms. The zero-order valence-electron chi connectivity index (χ0n) is 11.6. The Morgan fingerprint density at radius 3 is 3.05 bits per heavy atom. The molecule has 0 amide bonds. The molecule has 0 saturated carbocycles. The van der Waals surface area contributed by atoms with Crippen molar-refractivity contribution in [3.8, 4) is 5.75 Å². The van der Waals surface area contributed by atoms with Crippen molar-refractivity contribution in [2.45, 2.75) is 25.4 Å². The van der Waals surface area contributed by atoms with E-state index in [1.165, 1.54) is 0 Å². The fraction of sp³-hybridized carbons (Fsp3) is 0.400. The summed E-state index contributed by atoms with van der Waals surface area (Å²) in [6.07, 6.45) is 1.05. The first kappa shape index (κ1) is 13.9. The van der Waals surface area contributed by atoms with Crippen molar-refractivity contribution in [2.75, 3.05) is 13.2 Å². The van der Waals surface area contributed by atoms with Crippen LogP contribution in [0, 0.1) is 0 Å². The standard InChI is InChI=1S/C15H18N2O4/c18-4-1-5-21-9-2-3-12-10(6-9)11-7-13(15(19)20)16-8-14(11)17-12/h2-3,6,13,16-18H,1,4-5,7-8H2,(H,19,20). The summed E-state index contributed by atoms with van der Waals surface area (Å²) in [6.45, 7) is 1.10. The summed E-state index contributed by atoms with van der Waals surface area (Å²) < 4.78 is 5.58. The predicted molar refractivity (Wildman–Crippen MR) is 77.5 cm³/mol. The molecular formula is C15H18N2O4. The van der Waals surface area contributed by atoms with Crippen LogP contribution in [0.25, 0.3) is 10.9 Å². The van der Waals surface area contributed by atoms with Crippen LogP contribution >= 0.6 is 0 Å². The number of rotatable bonds is 5. The van der Waals surface area contributed by atoms with E-state index < -0.39 is 12.0 Å². The Bertz CT molecular complexity index is 665. The second-order valence-electron chi connectivity index (χ2n) is 5.19. The van der Waals surface area contributed by atoms with Crippen LogP contribution in [0.1, 0.15) is 17.7 Å². The first-order valence-corrected chi connectivity index (χ1v) is 7.02. The van der Waals surface area contributed by atoms with Crippen molar-refractivity contribution in [3.05, 3.63) is 29.5 Å². The molecule has 0 spiro atoms. The van der Waals surface area contributed by atoms with Crippen LogP contribution in [0.3, 0.4) is 0 Å². The number of carboxylic acid groups (broad SMARTS) is 1. The number of aliphatic hydroxyl groups is 1. The SMILES string of the molecule is O=C(O)C1Cc2c([nH]c3ccc(OCCCO)cc23)CN1. The number of nitrogens with one attached hydrogen (secondary N) is 2. The van der Waals surface area contributed by atoms with Gasteiger partial charge in [0.2, 0.25) is 0 Å². The van der Waals surface area contributed by atoms with Crippen molar-refractivity contribution in [1.82, 2.24) is 10.3 Å². The molecule has 0 fully saturated rings. The van der Waals surface area contributed by atoms with Crippen LogP contribution in [0.5, 0.6) is 5.75 Å². The van der Waals surface area contributed by atoms with Crippen LogP contribution < -0.4 is 10.1 Å². The third-order valence-corrected chi connectivity index (χ3v) is 3.77. The second kappa shape index (κ2) is 5.75. The number of aromatic amines is 1. The van der Waals surface area contributed by atoms with Crippen LogP contribution in [0.2, 0.25) is 0 Å². The number of carboxylic acids is 1. The highest BCUT2D eigenvalue weighted by Gasteiger charge is 2.26. The molecule has 1 unspecified atom stereocenters. The third-order valence-electron chi connectivity index (χ3n) is 3.77. The van der Waals surface area contributed by atoms with Gasteiger partial charge in [0.15, 0.2) is 0 Å². The van der Waals surface area contributed by atoms with Gasteiger partial charge in [-0.2, -0.15) is 0 Å². The quantitative estimate of drug-likeness (QED) is 0.617. The highest BCUT2D eigenvalue weighted by molar-refractivity contribution is 5.87. The normalized spacial score (nSPS) is 17.7. The van der Waals surface area contributed by atoms with E-state index in [1.54, 1.807) is 0 Å². The fourth-order valence-corrected chi connectivity index (χ4v) is 2.69. The molecule has 4 N–H and O–H groups in total. The van der Waals surface area contributed by atoms with Crippen molar-refractivity contribution in [1.29, 1.82) is 0 Å². The van der Waals surface area contributed by atoms with Gasteiger partial charge < -0.3 is 19.9 Å². The van der Waals surface area contributed by atoms with E-state index in [9.17, 15) is 4.79 Å². The van der Waals surface area contributed by atoms with Crippen LogP contribution in [-0.4, -0.2) is 40.4 Å². The minimum Gasteiger partial charge on any atom is -0.493 e. The molecule has 112 valence electrons. The summed E-state index contributed by atoms with van der Waals surface area (Å²) in [5.41, 5.74) is 3.07. The maximum Gasteiger partial charge on any atom is 0.321 e. The fourth-order valence-electron chi connectivity index (χ4n) is 2.69. The Hall–Kier alpha value is -2.05. The number of aliphatic carboxylic acids is 1. The number of hydrogen-bond donors (Lipinski definition) is 4. The molecule has 2 heterocycles. The Balaban J connectivity index is 1.90. The lowest BCUT2D eigenvalue weighted by atomic mass is 9.98. The van der Waals surface area contributed by atoms with Crippen LogP contribution in [0.4, 0.5) is 0 Å². The van der Waals surface area contributed by atoms with Gasteiger partial charge in [-0.05, 0) is 23.8 Å². The molecule has 0 bridgehead atoms. The molecule has 0 saturated heterocycles. The summed E-state index contributed by atoms with van der Waals surface area (Å²) in [7, 11) is 0. The van der Waals surface area contributed by atoms with Crippen molar-refractivity contribution >= 4 is 16.9 Å². The lowest BCUT2D eigenvalue weighted by molar-refractivity contribution is -0.139. The summed E-state index contributed by atoms with van der Waals surface area (Å²) >= 11 is 0. The maximum atomic E-state index is 11.1. The minimum atomic E-state index is -0.828. The van der Waals surface area contributed by atoms with Gasteiger partial charge in [0.05, 0.1) is 6.61 Å².